The lowest BCUT2D eigenvalue weighted by Gasteiger charge is -2.02. The van der Waals surface area contributed by atoms with Gasteiger partial charge in [-0.15, -0.1) is 11.3 Å². The molecular weight excluding hydrogens is 281 g/mol. The lowest BCUT2D eigenvalue weighted by Crippen LogP contribution is -2.04. The molecule has 0 fully saturated rings. The van der Waals surface area contributed by atoms with Crippen LogP contribution in [-0.4, -0.2) is 11.0 Å². The molecule has 0 aromatic carbocycles. The van der Waals surface area contributed by atoms with E-state index in [4.69, 9.17) is 27.9 Å². The zero-order chi connectivity index (χ0) is 12.3. The molecule has 17 heavy (non-hydrogen) atoms. The standard InChI is InChI=1S/C11H7Cl2NO2S/c12-9-3-1-7(5-14-9)11(15)16-6-8-2-4-10(13)17-8/h1-5H,6H2. The van der Waals surface area contributed by atoms with Crippen molar-refractivity contribution in [2.45, 2.75) is 6.61 Å². The summed E-state index contributed by atoms with van der Waals surface area (Å²) in [7, 11) is 0. The first-order chi connectivity index (χ1) is 8.15. The summed E-state index contributed by atoms with van der Waals surface area (Å²) < 4.78 is 5.77. The van der Waals surface area contributed by atoms with Crippen LogP contribution in [0.1, 0.15) is 15.2 Å². The van der Waals surface area contributed by atoms with Crippen molar-refractivity contribution >= 4 is 40.5 Å². The fourth-order valence-corrected chi connectivity index (χ4v) is 2.26. The van der Waals surface area contributed by atoms with Crippen LogP contribution in [0.25, 0.3) is 0 Å². The molecule has 0 saturated carbocycles. The van der Waals surface area contributed by atoms with Crippen LogP contribution in [0, 0.1) is 0 Å². The quantitative estimate of drug-likeness (QED) is 0.637. The van der Waals surface area contributed by atoms with Crippen LogP contribution < -0.4 is 0 Å². The third-order valence-electron chi connectivity index (χ3n) is 1.94. The van der Waals surface area contributed by atoms with Gasteiger partial charge in [-0.1, -0.05) is 23.2 Å². The van der Waals surface area contributed by atoms with Crippen LogP contribution in [0.4, 0.5) is 0 Å². The first kappa shape index (κ1) is 12.4. The Morgan fingerprint density at radius 3 is 2.71 bits per heavy atom. The molecule has 6 heteroatoms. The number of halogens is 2. The van der Waals surface area contributed by atoms with Gasteiger partial charge < -0.3 is 4.74 Å². The number of rotatable bonds is 3. The second-order valence-electron chi connectivity index (χ2n) is 3.15. The Bertz CT molecular complexity index is 525. The summed E-state index contributed by atoms with van der Waals surface area (Å²) in [5.41, 5.74) is 0.372. The van der Waals surface area contributed by atoms with Crippen molar-refractivity contribution in [1.82, 2.24) is 4.98 Å². The lowest BCUT2D eigenvalue weighted by atomic mass is 10.3. The number of aromatic nitrogens is 1. The fraction of sp³-hybridized carbons (Fsp3) is 0.0909. The maximum absolute atomic E-state index is 11.6. The number of hydrogen-bond acceptors (Lipinski definition) is 4. The van der Waals surface area contributed by atoms with Gasteiger partial charge >= 0.3 is 5.97 Å². The molecule has 0 N–H and O–H groups in total. The van der Waals surface area contributed by atoms with Crippen molar-refractivity contribution in [1.29, 1.82) is 0 Å². The molecule has 2 aromatic heterocycles. The van der Waals surface area contributed by atoms with E-state index >= 15 is 0 Å². The highest BCUT2D eigenvalue weighted by Gasteiger charge is 2.08. The Morgan fingerprint density at radius 2 is 2.12 bits per heavy atom. The monoisotopic (exact) mass is 287 g/mol. The number of ether oxygens (including phenoxy) is 1. The largest absolute Gasteiger partial charge is 0.456 e. The van der Waals surface area contributed by atoms with E-state index < -0.39 is 5.97 Å². The fourth-order valence-electron chi connectivity index (χ4n) is 1.15. The van der Waals surface area contributed by atoms with Gasteiger partial charge in [-0.25, -0.2) is 9.78 Å². The third kappa shape index (κ3) is 3.43. The van der Waals surface area contributed by atoms with Crippen molar-refractivity contribution in [2.75, 3.05) is 0 Å². The molecule has 0 bridgehead atoms. The number of nitrogens with zero attached hydrogens (tertiary/aromatic N) is 1. The van der Waals surface area contributed by atoms with Gasteiger partial charge in [0.15, 0.2) is 0 Å². The van der Waals surface area contributed by atoms with E-state index in [1.165, 1.54) is 17.5 Å². The highest BCUT2D eigenvalue weighted by Crippen LogP contribution is 2.22. The molecule has 3 nitrogen and oxygen atoms in total. The molecule has 0 radical (unpaired) electrons. The Kier molecular flexibility index (Phi) is 3.99. The van der Waals surface area contributed by atoms with Gasteiger partial charge in [-0.2, -0.15) is 0 Å². The molecule has 2 aromatic rings. The van der Waals surface area contributed by atoms with Crippen LogP contribution in [0.15, 0.2) is 30.5 Å². The van der Waals surface area contributed by atoms with Crippen molar-refractivity contribution in [3.8, 4) is 0 Å². The van der Waals surface area contributed by atoms with Gasteiger partial charge in [0.25, 0.3) is 0 Å². The van der Waals surface area contributed by atoms with Crippen LogP contribution >= 0.6 is 34.5 Å². The summed E-state index contributed by atoms with van der Waals surface area (Å²) in [4.78, 5) is 16.3. The van der Waals surface area contributed by atoms with Crippen molar-refractivity contribution in [2.24, 2.45) is 0 Å². The molecule has 0 spiro atoms. The average Bonchev–Trinajstić information content (AvgIpc) is 2.73. The average molecular weight is 288 g/mol. The van der Waals surface area contributed by atoms with Gasteiger partial charge in [-0.3, -0.25) is 0 Å². The van der Waals surface area contributed by atoms with Gasteiger partial charge in [0, 0.05) is 11.1 Å². The molecule has 0 unspecified atom stereocenters. The highest BCUT2D eigenvalue weighted by molar-refractivity contribution is 7.16. The number of carbonyl (C=O) groups excluding carboxylic acids is 1. The second kappa shape index (κ2) is 5.49. The number of hydrogen-bond donors (Lipinski definition) is 0. The zero-order valence-electron chi connectivity index (χ0n) is 8.52. The van der Waals surface area contributed by atoms with Crippen LogP contribution in [0.5, 0.6) is 0 Å². The molecule has 0 aliphatic rings. The van der Waals surface area contributed by atoms with Crippen LogP contribution in [-0.2, 0) is 11.3 Å². The van der Waals surface area contributed by atoms with E-state index in [0.29, 0.717) is 15.1 Å². The molecule has 0 aliphatic heterocycles. The molecule has 2 rings (SSSR count). The van der Waals surface area contributed by atoms with Gasteiger partial charge in [0.2, 0.25) is 0 Å². The van der Waals surface area contributed by atoms with E-state index in [2.05, 4.69) is 4.98 Å². The summed E-state index contributed by atoms with van der Waals surface area (Å²) in [5.74, 6) is -0.432. The summed E-state index contributed by atoms with van der Waals surface area (Å²) in [6.07, 6.45) is 1.38. The number of pyridine rings is 1. The number of esters is 1. The first-order valence-corrected chi connectivity index (χ1v) is 6.25. The van der Waals surface area contributed by atoms with E-state index in [-0.39, 0.29) is 6.61 Å². The molecule has 0 amide bonds. The smallest absolute Gasteiger partial charge is 0.340 e. The van der Waals surface area contributed by atoms with Crippen molar-refractivity contribution in [3.63, 3.8) is 0 Å². The van der Waals surface area contributed by atoms with E-state index in [9.17, 15) is 4.79 Å². The molecule has 0 atom stereocenters. The Labute approximate surface area is 112 Å². The topological polar surface area (TPSA) is 39.2 Å². The number of thiophene rings is 1. The predicted molar refractivity (Wildman–Crippen MR) is 67.7 cm³/mol. The Hall–Kier alpha value is -1.10. The molecule has 2 heterocycles. The zero-order valence-corrected chi connectivity index (χ0v) is 10.9. The highest BCUT2D eigenvalue weighted by atomic mass is 35.5. The molecule has 0 saturated heterocycles. The Balaban J connectivity index is 1.95. The van der Waals surface area contributed by atoms with E-state index in [0.717, 1.165) is 4.88 Å². The molecule has 0 aliphatic carbocycles. The summed E-state index contributed by atoms with van der Waals surface area (Å²) in [6.45, 7) is 0.207. The van der Waals surface area contributed by atoms with Crippen molar-refractivity contribution < 1.29 is 9.53 Å². The van der Waals surface area contributed by atoms with Crippen molar-refractivity contribution in [3.05, 3.63) is 50.4 Å². The lowest BCUT2D eigenvalue weighted by molar-refractivity contribution is 0.0476. The third-order valence-corrected chi connectivity index (χ3v) is 3.37. The normalized spacial score (nSPS) is 10.2. The summed E-state index contributed by atoms with van der Waals surface area (Å²) in [6, 6.07) is 6.69. The van der Waals surface area contributed by atoms with Crippen LogP contribution in [0.2, 0.25) is 9.49 Å². The second-order valence-corrected chi connectivity index (χ2v) is 5.34. The SMILES string of the molecule is O=C(OCc1ccc(Cl)s1)c1ccc(Cl)nc1. The summed E-state index contributed by atoms with van der Waals surface area (Å²) in [5, 5.41) is 0.339. The Morgan fingerprint density at radius 1 is 1.29 bits per heavy atom. The number of carbonyl (C=O) groups is 1. The maximum Gasteiger partial charge on any atom is 0.340 e. The predicted octanol–water partition coefficient (Wildman–Crippen LogP) is 3.81. The summed E-state index contributed by atoms with van der Waals surface area (Å²) >= 11 is 12.8. The molecule has 88 valence electrons. The maximum atomic E-state index is 11.6. The van der Waals surface area contributed by atoms with E-state index in [1.54, 1.807) is 18.2 Å². The van der Waals surface area contributed by atoms with Gasteiger partial charge in [0.1, 0.15) is 11.8 Å². The minimum absolute atomic E-state index is 0.207. The minimum Gasteiger partial charge on any atom is -0.456 e. The first-order valence-electron chi connectivity index (χ1n) is 4.68. The van der Waals surface area contributed by atoms with Gasteiger partial charge in [0.05, 0.1) is 9.90 Å². The van der Waals surface area contributed by atoms with E-state index in [1.807, 2.05) is 6.07 Å². The van der Waals surface area contributed by atoms with Gasteiger partial charge in [-0.05, 0) is 24.3 Å². The van der Waals surface area contributed by atoms with Crippen LogP contribution in [0.3, 0.4) is 0 Å². The minimum atomic E-state index is -0.432. The molecular formula is C11H7Cl2NO2S.